The number of benzene rings is 2. The fourth-order valence-corrected chi connectivity index (χ4v) is 5.69. The van der Waals surface area contributed by atoms with E-state index in [1.165, 1.54) is 11.8 Å². The Bertz CT molecular complexity index is 1090. The fraction of sp³-hybridized carbons (Fsp3) is 0.333. The summed E-state index contributed by atoms with van der Waals surface area (Å²) in [5.74, 6) is -5.31. The van der Waals surface area contributed by atoms with Crippen molar-refractivity contribution in [1.82, 2.24) is 0 Å². The largest absolute Gasteiger partial charge is 0.326 e. The first-order valence-corrected chi connectivity index (χ1v) is 9.85. The van der Waals surface area contributed by atoms with Gasteiger partial charge in [0, 0.05) is 22.1 Å². The van der Waals surface area contributed by atoms with Gasteiger partial charge in [-0.2, -0.15) is 0 Å². The molecule has 0 saturated heterocycles. The van der Waals surface area contributed by atoms with Gasteiger partial charge in [0.25, 0.3) is 0 Å². The molecular weight excluding hydrogens is 378 g/mol. The van der Waals surface area contributed by atoms with E-state index in [2.05, 4.69) is 19.9 Å². The second kappa shape index (κ2) is 5.53. The quantitative estimate of drug-likeness (QED) is 0.412. The summed E-state index contributed by atoms with van der Waals surface area (Å²) in [4.78, 5) is 1.49. The molecule has 2 unspecified atom stereocenters. The van der Waals surface area contributed by atoms with E-state index in [1.807, 2.05) is 30.4 Å². The topological polar surface area (TPSA) is 3.24 Å². The van der Waals surface area contributed by atoms with E-state index in [1.54, 1.807) is 12.1 Å². The molecule has 1 fully saturated rings. The van der Waals surface area contributed by atoms with Crippen LogP contribution < -0.4 is 4.90 Å². The van der Waals surface area contributed by atoms with E-state index in [-0.39, 0.29) is 11.8 Å². The second-order valence-corrected chi connectivity index (χ2v) is 8.70. The number of fused-ring (bicyclic) bond motifs is 1. The van der Waals surface area contributed by atoms with Gasteiger partial charge in [-0.05, 0) is 24.5 Å². The molecule has 1 aliphatic heterocycles. The van der Waals surface area contributed by atoms with Gasteiger partial charge in [-0.1, -0.05) is 63.3 Å². The summed E-state index contributed by atoms with van der Waals surface area (Å²) >= 11 is 0. The molecule has 5 heteroatoms. The van der Waals surface area contributed by atoms with Gasteiger partial charge in [0.2, 0.25) is 0 Å². The van der Waals surface area contributed by atoms with E-state index >= 15 is 8.78 Å². The van der Waals surface area contributed by atoms with Crippen LogP contribution in [0.15, 0.2) is 48.6 Å². The lowest BCUT2D eigenvalue weighted by molar-refractivity contribution is 0.310. The average Bonchev–Trinajstić information content (AvgIpc) is 3.42. The molecule has 3 aliphatic rings. The van der Waals surface area contributed by atoms with E-state index in [0.29, 0.717) is 12.1 Å². The minimum Gasteiger partial charge on any atom is -0.326 e. The minimum absolute atomic E-state index is 0.132. The minimum atomic E-state index is -1.34. The van der Waals surface area contributed by atoms with Crippen LogP contribution in [0.5, 0.6) is 0 Å². The molecule has 0 aromatic heterocycles. The molecule has 1 saturated carbocycles. The molecule has 1 nitrogen and oxygen atoms in total. The monoisotopic (exact) mass is 399 g/mol. The molecule has 1 heterocycles. The van der Waals surface area contributed by atoms with Crippen molar-refractivity contribution < 1.29 is 17.6 Å². The van der Waals surface area contributed by atoms with Crippen LogP contribution in [0.1, 0.15) is 38.3 Å². The smallest absolute Gasteiger partial charge is 0.185 e. The molecule has 150 valence electrons. The van der Waals surface area contributed by atoms with Crippen molar-refractivity contribution in [2.45, 2.75) is 44.6 Å². The summed E-state index contributed by atoms with van der Waals surface area (Å²) in [6.07, 6.45) is 8.23. The molecule has 2 atom stereocenters. The fourth-order valence-electron chi connectivity index (χ4n) is 5.69. The Morgan fingerprint density at radius 2 is 1.52 bits per heavy atom. The van der Waals surface area contributed by atoms with Crippen LogP contribution in [0.4, 0.5) is 28.9 Å². The molecule has 0 spiro atoms. The summed E-state index contributed by atoms with van der Waals surface area (Å²) in [5, 5.41) is 0. The van der Waals surface area contributed by atoms with Crippen LogP contribution >= 0.6 is 0 Å². The Balaban J connectivity index is 1.88. The van der Waals surface area contributed by atoms with Gasteiger partial charge in [0.1, 0.15) is 5.69 Å². The number of rotatable bonds is 2. The van der Waals surface area contributed by atoms with Crippen LogP contribution in [0.2, 0.25) is 0 Å². The third kappa shape index (κ3) is 1.91. The number of nitrogens with zero attached hydrogens (tertiary/aromatic N) is 1. The first kappa shape index (κ1) is 18.5. The lowest BCUT2D eigenvalue weighted by atomic mass is 9.64. The molecule has 29 heavy (non-hydrogen) atoms. The van der Waals surface area contributed by atoms with Gasteiger partial charge in [0.15, 0.2) is 23.3 Å². The third-order valence-electron chi connectivity index (χ3n) is 7.30. The lowest BCUT2D eigenvalue weighted by Gasteiger charge is -2.50. The average molecular weight is 399 g/mol. The molecule has 0 bridgehead atoms. The Hall–Kier alpha value is -2.56. The van der Waals surface area contributed by atoms with E-state index in [4.69, 9.17) is 0 Å². The van der Waals surface area contributed by atoms with Crippen LogP contribution in [-0.2, 0) is 11.8 Å². The molecule has 2 aromatic rings. The van der Waals surface area contributed by atoms with Crippen molar-refractivity contribution >= 4 is 11.4 Å². The van der Waals surface area contributed by atoms with Crippen molar-refractivity contribution in [3.63, 3.8) is 0 Å². The summed E-state index contributed by atoms with van der Waals surface area (Å²) < 4.78 is 59.9. The molecule has 0 amide bonds. The van der Waals surface area contributed by atoms with Crippen molar-refractivity contribution in [3.05, 3.63) is 83.0 Å². The number of allylic oxidation sites excluding steroid dienone is 2. The van der Waals surface area contributed by atoms with Crippen LogP contribution in [0.3, 0.4) is 0 Å². The van der Waals surface area contributed by atoms with Crippen LogP contribution in [0, 0.1) is 28.7 Å². The number of anilines is 2. The van der Waals surface area contributed by atoms with Crippen molar-refractivity contribution in [2.24, 2.45) is 5.41 Å². The highest BCUT2D eigenvalue weighted by Crippen LogP contribution is 2.76. The summed E-state index contributed by atoms with van der Waals surface area (Å²) in [6.45, 7) is 5.70. The Morgan fingerprint density at radius 1 is 0.897 bits per heavy atom. The number of hydrogen-bond acceptors (Lipinski definition) is 1. The highest BCUT2D eigenvalue weighted by Gasteiger charge is 2.77. The zero-order valence-electron chi connectivity index (χ0n) is 16.5. The molecule has 0 radical (unpaired) electrons. The Kier molecular flexibility index (Phi) is 3.52. The number of hydrogen-bond donors (Lipinski definition) is 0. The predicted octanol–water partition coefficient (Wildman–Crippen LogP) is 6.49. The highest BCUT2D eigenvalue weighted by atomic mass is 19.2. The third-order valence-corrected chi connectivity index (χ3v) is 7.30. The van der Waals surface area contributed by atoms with E-state index in [0.717, 1.165) is 5.56 Å². The van der Waals surface area contributed by atoms with Crippen molar-refractivity contribution in [3.8, 4) is 0 Å². The standard InChI is InChI=1S/C24H21F4N/c1-4-14-17(25)19(27)21(20(28)18(14)26)29-16-10-6-5-9-15(16)22(2,3)23-11-7-8-12-24(23,29)13-23/h5-12H,4,13H2,1-3H3. The van der Waals surface area contributed by atoms with Gasteiger partial charge in [-0.3, -0.25) is 0 Å². The van der Waals surface area contributed by atoms with Gasteiger partial charge in [-0.15, -0.1) is 0 Å². The van der Waals surface area contributed by atoms with Gasteiger partial charge >= 0.3 is 0 Å². The molecule has 5 rings (SSSR count). The van der Waals surface area contributed by atoms with Gasteiger partial charge in [0.05, 0.1) is 5.54 Å². The van der Waals surface area contributed by atoms with Gasteiger partial charge in [-0.25, -0.2) is 17.6 Å². The maximum absolute atomic E-state index is 15.2. The number of para-hydroxylation sites is 1. The molecule has 0 N–H and O–H groups in total. The Morgan fingerprint density at radius 3 is 2.17 bits per heavy atom. The van der Waals surface area contributed by atoms with Crippen LogP contribution in [0.25, 0.3) is 0 Å². The Labute approximate surface area is 167 Å². The first-order chi connectivity index (χ1) is 13.7. The predicted molar refractivity (Wildman–Crippen MR) is 105 cm³/mol. The van der Waals surface area contributed by atoms with E-state index in [9.17, 15) is 8.78 Å². The zero-order valence-corrected chi connectivity index (χ0v) is 16.5. The second-order valence-electron chi connectivity index (χ2n) is 8.70. The first-order valence-electron chi connectivity index (χ1n) is 9.85. The number of halogens is 4. The molecule has 2 aliphatic carbocycles. The van der Waals surface area contributed by atoms with Crippen molar-refractivity contribution in [2.75, 3.05) is 4.90 Å². The van der Waals surface area contributed by atoms with Crippen LogP contribution in [-0.4, -0.2) is 5.54 Å². The summed E-state index contributed by atoms with van der Waals surface area (Å²) in [5.41, 5.74) is -1.25. The highest BCUT2D eigenvalue weighted by molar-refractivity contribution is 5.80. The SMILES string of the molecule is CCc1c(F)c(F)c(N2c3ccccc3C(C)(C)C34C=CC=CC23C4)c(F)c1F. The zero-order chi connectivity index (χ0) is 20.8. The van der Waals surface area contributed by atoms with Gasteiger partial charge < -0.3 is 4.90 Å². The maximum Gasteiger partial charge on any atom is 0.185 e. The molecular formula is C24H21F4N. The lowest BCUT2D eigenvalue weighted by Crippen LogP contribution is -2.50. The summed E-state index contributed by atoms with van der Waals surface area (Å²) in [7, 11) is 0. The molecule has 2 aromatic carbocycles. The normalized spacial score (nSPS) is 28.0. The van der Waals surface area contributed by atoms with E-state index < -0.39 is 45.5 Å². The summed E-state index contributed by atoms with van der Waals surface area (Å²) in [6, 6.07) is 7.34. The maximum atomic E-state index is 15.2. The van der Waals surface area contributed by atoms with Crippen molar-refractivity contribution in [1.29, 1.82) is 0 Å².